The van der Waals surface area contributed by atoms with Crippen molar-refractivity contribution < 1.29 is 19.5 Å². The average Bonchev–Trinajstić information content (AvgIpc) is 3.08. The number of fused-ring (bicyclic) bond motifs is 1. The van der Waals surface area contributed by atoms with E-state index in [0.717, 1.165) is 4.90 Å². The summed E-state index contributed by atoms with van der Waals surface area (Å²) in [7, 11) is 0. The smallest absolute Gasteiger partial charge is 0.281 e. The monoisotopic (exact) mass is 427 g/mol. The minimum Gasteiger partial charge on any atom is -0.372 e. The van der Waals surface area contributed by atoms with E-state index in [-0.39, 0.29) is 6.54 Å². The molecule has 2 N–H and O–H groups in total. The van der Waals surface area contributed by atoms with Crippen molar-refractivity contribution >= 4 is 23.4 Å². The van der Waals surface area contributed by atoms with Crippen molar-refractivity contribution in [1.82, 2.24) is 10.3 Å². The zero-order valence-electron chi connectivity index (χ0n) is 17.4. The summed E-state index contributed by atoms with van der Waals surface area (Å²) in [6.07, 6.45) is 0. The molecule has 1 aliphatic heterocycles. The topological polar surface area (TPSA) is 99.1 Å². The summed E-state index contributed by atoms with van der Waals surface area (Å²) in [5, 5.41) is 15.5. The van der Waals surface area contributed by atoms with Crippen LogP contribution in [-0.2, 0) is 10.4 Å². The summed E-state index contributed by atoms with van der Waals surface area (Å²) < 4.78 is 0. The number of carbonyl (C=O) groups is 3. The standard InChI is InChI=1S/C25H21N3O4/c1-17(16-28-22(29)20-14-8-9-15-21(20)23(28)30)26-27-24(31)25(32,18-10-4-2-5-11-18)19-12-6-3-7-13-19/h2-15,32H,16H2,1H3,(H,27,31)/b26-17+. The molecule has 3 aromatic carbocycles. The molecular formula is C25H21N3O4. The molecule has 1 heterocycles. The molecular weight excluding hydrogens is 406 g/mol. The van der Waals surface area contributed by atoms with Gasteiger partial charge in [-0.05, 0) is 30.2 Å². The fourth-order valence-electron chi connectivity index (χ4n) is 3.66. The molecule has 160 valence electrons. The number of rotatable bonds is 6. The molecule has 0 spiro atoms. The maximum atomic E-state index is 13.1. The molecule has 0 aliphatic carbocycles. The lowest BCUT2D eigenvalue weighted by Gasteiger charge is -2.27. The van der Waals surface area contributed by atoms with Crippen LogP contribution in [0.2, 0.25) is 0 Å². The Balaban J connectivity index is 1.55. The molecule has 7 nitrogen and oxygen atoms in total. The second-order valence-corrected chi connectivity index (χ2v) is 7.47. The minimum atomic E-state index is -1.97. The van der Waals surface area contributed by atoms with Crippen LogP contribution in [0.5, 0.6) is 0 Å². The van der Waals surface area contributed by atoms with Crippen molar-refractivity contribution in [2.75, 3.05) is 6.54 Å². The third-order valence-corrected chi connectivity index (χ3v) is 5.33. The number of carbonyl (C=O) groups excluding carboxylic acids is 3. The zero-order chi connectivity index (χ0) is 22.7. The normalized spacial score (nSPS) is 13.8. The van der Waals surface area contributed by atoms with Crippen LogP contribution in [0.15, 0.2) is 90.0 Å². The van der Waals surface area contributed by atoms with Crippen LogP contribution < -0.4 is 5.43 Å². The van der Waals surface area contributed by atoms with Gasteiger partial charge >= 0.3 is 0 Å². The number of hydrogen-bond acceptors (Lipinski definition) is 5. The van der Waals surface area contributed by atoms with Gasteiger partial charge in [-0.15, -0.1) is 0 Å². The van der Waals surface area contributed by atoms with Gasteiger partial charge in [-0.3, -0.25) is 19.3 Å². The molecule has 0 bridgehead atoms. The van der Waals surface area contributed by atoms with Gasteiger partial charge in [-0.1, -0.05) is 72.8 Å². The predicted molar refractivity (Wildman–Crippen MR) is 119 cm³/mol. The van der Waals surface area contributed by atoms with Gasteiger partial charge in [0.25, 0.3) is 17.7 Å². The van der Waals surface area contributed by atoms with E-state index < -0.39 is 23.3 Å². The van der Waals surface area contributed by atoms with Crippen LogP contribution in [0.25, 0.3) is 0 Å². The van der Waals surface area contributed by atoms with Gasteiger partial charge in [0.05, 0.1) is 23.4 Å². The Morgan fingerprint density at radius 1 is 0.844 bits per heavy atom. The molecule has 3 aromatic rings. The number of imide groups is 1. The largest absolute Gasteiger partial charge is 0.372 e. The van der Waals surface area contributed by atoms with Crippen molar-refractivity contribution in [1.29, 1.82) is 0 Å². The highest BCUT2D eigenvalue weighted by molar-refractivity contribution is 6.22. The van der Waals surface area contributed by atoms with Gasteiger partial charge < -0.3 is 5.11 Å². The quantitative estimate of drug-likeness (QED) is 0.359. The molecule has 0 saturated carbocycles. The first-order valence-electron chi connectivity index (χ1n) is 10.0. The first-order valence-corrected chi connectivity index (χ1v) is 10.0. The minimum absolute atomic E-state index is 0.0816. The Kier molecular flexibility index (Phi) is 5.66. The molecule has 0 atom stereocenters. The highest BCUT2D eigenvalue weighted by Crippen LogP contribution is 2.30. The highest BCUT2D eigenvalue weighted by atomic mass is 16.3. The van der Waals surface area contributed by atoms with Crippen LogP contribution in [0.3, 0.4) is 0 Å². The van der Waals surface area contributed by atoms with Crippen LogP contribution >= 0.6 is 0 Å². The lowest BCUT2D eigenvalue weighted by atomic mass is 9.85. The Hall–Kier alpha value is -4.10. The molecule has 32 heavy (non-hydrogen) atoms. The van der Waals surface area contributed by atoms with Crippen LogP contribution in [-0.4, -0.2) is 40.0 Å². The van der Waals surface area contributed by atoms with E-state index in [9.17, 15) is 19.5 Å². The Bertz CT molecular complexity index is 1130. The van der Waals surface area contributed by atoms with E-state index in [1.807, 2.05) is 0 Å². The summed E-state index contributed by atoms with van der Waals surface area (Å²) in [6.45, 7) is 1.51. The third-order valence-electron chi connectivity index (χ3n) is 5.33. The summed E-state index contributed by atoms with van der Waals surface area (Å²) in [6, 6.07) is 23.7. The molecule has 0 saturated heterocycles. The van der Waals surface area contributed by atoms with Gasteiger partial charge in [-0.25, -0.2) is 5.43 Å². The van der Waals surface area contributed by atoms with E-state index in [2.05, 4.69) is 10.5 Å². The van der Waals surface area contributed by atoms with Gasteiger partial charge in [0.1, 0.15) is 0 Å². The Morgan fingerprint density at radius 3 is 1.75 bits per heavy atom. The Morgan fingerprint density at radius 2 is 1.28 bits per heavy atom. The molecule has 0 fully saturated rings. The van der Waals surface area contributed by atoms with E-state index >= 15 is 0 Å². The number of amides is 3. The van der Waals surface area contributed by atoms with Gasteiger partial charge in [0.15, 0.2) is 5.60 Å². The van der Waals surface area contributed by atoms with Gasteiger partial charge in [-0.2, -0.15) is 5.10 Å². The second kappa shape index (κ2) is 8.56. The van der Waals surface area contributed by atoms with Gasteiger partial charge in [0.2, 0.25) is 0 Å². The van der Waals surface area contributed by atoms with Crippen molar-refractivity contribution in [2.45, 2.75) is 12.5 Å². The summed E-state index contributed by atoms with van der Waals surface area (Å²) in [4.78, 5) is 39.2. The number of nitrogens with zero attached hydrogens (tertiary/aromatic N) is 2. The van der Waals surface area contributed by atoms with Crippen LogP contribution in [0, 0.1) is 0 Å². The fourth-order valence-corrected chi connectivity index (χ4v) is 3.66. The van der Waals surface area contributed by atoms with Gasteiger partial charge in [0, 0.05) is 0 Å². The van der Waals surface area contributed by atoms with Crippen molar-refractivity contribution in [3.8, 4) is 0 Å². The second-order valence-electron chi connectivity index (χ2n) is 7.47. The highest BCUT2D eigenvalue weighted by Gasteiger charge is 2.40. The summed E-state index contributed by atoms with van der Waals surface area (Å²) in [5.74, 6) is -1.57. The number of hydrogen-bond donors (Lipinski definition) is 2. The lowest BCUT2D eigenvalue weighted by Crippen LogP contribution is -2.44. The third kappa shape index (κ3) is 3.70. The average molecular weight is 427 g/mol. The van der Waals surface area contributed by atoms with Crippen molar-refractivity contribution in [3.05, 3.63) is 107 Å². The number of aliphatic hydroxyl groups is 1. The zero-order valence-corrected chi connectivity index (χ0v) is 17.4. The lowest BCUT2D eigenvalue weighted by molar-refractivity contribution is -0.136. The Labute approximate surface area is 185 Å². The van der Waals surface area contributed by atoms with Crippen molar-refractivity contribution in [2.24, 2.45) is 5.10 Å². The SMILES string of the molecule is C/C(CN1C(=O)c2ccccc2C1=O)=N\NC(=O)C(O)(c1ccccc1)c1ccccc1. The molecule has 0 unspecified atom stereocenters. The first-order chi connectivity index (χ1) is 15.4. The van der Waals surface area contributed by atoms with E-state index in [4.69, 9.17) is 0 Å². The van der Waals surface area contributed by atoms with Crippen LogP contribution in [0.4, 0.5) is 0 Å². The maximum absolute atomic E-state index is 13.1. The van der Waals surface area contributed by atoms with E-state index in [1.54, 1.807) is 91.9 Å². The summed E-state index contributed by atoms with van der Waals surface area (Å²) >= 11 is 0. The predicted octanol–water partition coefficient (Wildman–Crippen LogP) is 2.71. The number of benzene rings is 3. The van der Waals surface area contributed by atoms with Crippen molar-refractivity contribution in [3.63, 3.8) is 0 Å². The fraction of sp³-hybridized carbons (Fsp3) is 0.120. The molecule has 4 rings (SSSR count). The first kappa shape index (κ1) is 21.1. The van der Waals surface area contributed by atoms with E-state index in [1.165, 1.54) is 0 Å². The van der Waals surface area contributed by atoms with E-state index in [0.29, 0.717) is 28.0 Å². The van der Waals surface area contributed by atoms with Crippen LogP contribution in [0.1, 0.15) is 38.8 Å². The molecule has 1 aliphatic rings. The molecule has 3 amide bonds. The molecule has 0 aromatic heterocycles. The molecule has 0 radical (unpaired) electrons. The number of nitrogens with one attached hydrogen (secondary N) is 1. The number of hydrazone groups is 1. The molecule has 7 heteroatoms. The maximum Gasteiger partial charge on any atom is 0.281 e. The summed E-state index contributed by atoms with van der Waals surface area (Å²) in [5.41, 5.74) is 2.21.